The van der Waals surface area contributed by atoms with Gasteiger partial charge in [0.25, 0.3) is 0 Å². The molecule has 0 aliphatic rings. The molecule has 27 heavy (non-hydrogen) atoms. The molecule has 0 saturated carbocycles. The maximum absolute atomic E-state index is 13.3. The summed E-state index contributed by atoms with van der Waals surface area (Å²) < 4.78 is 40.1. The second kappa shape index (κ2) is 8.50. The second-order valence-electron chi connectivity index (χ2n) is 7.65. The van der Waals surface area contributed by atoms with Crippen LogP contribution in [-0.2, 0) is 11.0 Å². The summed E-state index contributed by atoms with van der Waals surface area (Å²) in [6, 6.07) is 2.25. The highest BCUT2D eigenvalue weighted by atomic mass is 79.9. The van der Waals surface area contributed by atoms with Crippen LogP contribution in [0.3, 0.4) is 0 Å². The van der Waals surface area contributed by atoms with Crippen LogP contribution in [0.25, 0.3) is 0 Å². The molecule has 0 aliphatic carbocycles. The third-order valence-electron chi connectivity index (χ3n) is 3.78. The molecule has 1 unspecified atom stereocenters. The Labute approximate surface area is 165 Å². The zero-order valence-corrected chi connectivity index (χ0v) is 17.4. The third kappa shape index (κ3) is 6.41. The molecule has 1 aromatic rings. The number of hydrogen-bond acceptors (Lipinski definition) is 2. The molecule has 1 aromatic carbocycles. The molecule has 5 nitrogen and oxygen atoms in total. The van der Waals surface area contributed by atoms with Crippen LogP contribution in [0.15, 0.2) is 22.7 Å². The van der Waals surface area contributed by atoms with Crippen molar-refractivity contribution in [3.05, 3.63) is 28.2 Å². The summed E-state index contributed by atoms with van der Waals surface area (Å²) in [6.07, 6.45) is -5.81. The fraction of sp³-hybridized carbons (Fsp3) is 0.556. The molecule has 1 atom stereocenters. The van der Waals surface area contributed by atoms with Crippen LogP contribution in [-0.4, -0.2) is 33.6 Å². The van der Waals surface area contributed by atoms with E-state index in [-0.39, 0.29) is 16.8 Å². The minimum atomic E-state index is -4.67. The van der Waals surface area contributed by atoms with Gasteiger partial charge >= 0.3 is 12.3 Å². The fourth-order valence-corrected chi connectivity index (χ4v) is 3.10. The number of carbonyl (C=O) groups excluding carboxylic acids is 1. The van der Waals surface area contributed by atoms with Crippen LogP contribution in [0.5, 0.6) is 0 Å². The smallest absolute Gasteiger partial charge is 0.418 e. The van der Waals surface area contributed by atoms with Crippen molar-refractivity contribution in [2.24, 2.45) is 5.92 Å². The summed E-state index contributed by atoms with van der Waals surface area (Å²) in [5.74, 6) is -0.842. The van der Waals surface area contributed by atoms with Gasteiger partial charge in [-0.15, -0.1) is 0 Å². The zero-order chi connectivity index (χ0) is 21.2. The molecular weight excluding hydrogens is 429 g/mol. The lowest BCUT2D eigenvalue weighted by molar-refractivity contribution is -0.137. The first-order valence-electron chi connectivity index (χ1n) is 8.34. The fourth-order valence-electron chi connectivity index (χ4n) is 2.74. The lowest BCUT2D eigenvalue weighted by atomic mass is 9.96. The molecule has 1 rings (SSSR count). The average molecular weight is 453 g/mol. The van der Waals surface area contributed by atoms with Crippen LogP contribution in [0.1, 0.15) is 46.6 Å². The summed E-state index contributed by atoms with van der Waals surface area (Å²) in [4.78, 5) is 25.5. The van der Waals surface area contributed by atoms with Gasteiger partial charge in [0.15, 0.2) is 0 Å². The quantitative estimate of drug-likeness (QED) is 0.610. The minimum absolute atomic E-state index is 0.0445. The summed E-state index contributed by atoms with van der Waals surface area (Å²) in [5.41, 5.74) is -2.33. The van der Waals surface area contributed by atoms with Crippen LogP contribution >= 0.6 is 15.9 Å². The molecule has 2 amide bonds. The van der Waals surface area contributed by atoms with Gasteiger partial charge in [-0.05, 0) is 51.3 Å². The molecule has 0 spiro atoms. The highest BCUT2D eigenvalue weighted by Crippen LogP contribution is 2.37. The maximum atomic E-state index is 13.3. The van der Waals surface area contributed by atoms with E-state index in [1.807, 2.05) is 13.8 Å². The van der Waals surface area contributed by atoms with Crippen molar-refractivity contribution in [1.29, 1.82) is 0 Å². The van der Waals surface area contributed by atoms with Gasteiger partial charge in [-0.3, -0.25) is 9.69 Å². The van der Waals surface area contributed by atoms with Crippen molar-refractivity contribution in [1.82, 2.24) is 4.90 Å². The Morgan fingerprint density at radius 3 is 2.19 bits per heavy atom. The first-order valence-corrected chi connectivity index (χ1v) is 9.13. The number of benzene rings is 1. The molecule has 2 N–H and O–H groups in total. The van der Waals surface area contributed by atoms with Crippen LogP contribution in [0, 0.1) is 5.92 Å². The average Bonchev–Trinajstić information content (AvgIpc) is 2.44. The SMILES string of the molecule is CC(C)CC(C(=O)Nc1ccc(Br)cc1C(F)(F)F)N(C(=O)O)C(C)(C)C. The highest BCUT2D eigenvalue weighted by Gasteiger charge is 2.39. The number of halogens is 4. The van der Waals surface area contributed by atoms with Gasteiger partial charge in [0.2, 0.25) is 5.91 Å². The van der Waals surface area contributed by atoms with Gasteiger partial charge < -0.3 is 10.4 Å². The molecule has 0 saturated heterocycles. The zero-order valence-electron chi connectivity index (χ0n) is 15.8. The van der Waals surface area contributed by atoms with Gasteiger partial charge in [-0.1, -0.05) is 29.8 Å². The number of carbonyl (C=O) groups is 2. The van der Waals surface area contributed by atoms with Crippen molar-refractivity contribution in [3.63, 3.8) is 0 Å². The first-order chi connectivity index (χ1) is 12.1. The number of carboxylic acid groups (broad SMARTS) is 1. The van der Waals surface area contributed by atoms with Gasteiger partial charge in [0.1, 0.15) is 6.04 Å². The molecule has 0 radical (unpaired) electrons. The lowest BCUT2D eigenvalue weighted by Crippen LogP contribution is -2.56. The maximum Gasteiger partial charge on any atom is 0.418 e. The van der Waals surface area contributed by atoms with E-state index in [2.05, 4.69) is 21.2 Å². The van der Waals surface area contributed by atoms with E-state index < -0.39 is 41.0 Å². The monoisotopic (exact) mass is 452 g/mol. The molecule has 0 heterocycles. The second-order valence-corrected chi connectivity index (χ2v) is 8.56. The van der Waals surface area contributed by atoms with Crippen molar-refractivity contribution >= 4 is 33.6 Å². The van der Waals surface area contributed by atoms with E-state index in [9.17, 15) is 27.9 Å². The van der Waals surface area contributed by atoms with Gasteiger partial charge in [0, 0.05) is 10.0 Å². The van der Waals surface area contributed by atoms with Crippen molar-refractivity contribution in [3.8, 4) is 0 Å². The van der Waals surface area contributed by atoms with E-state index in [0.717, 1.165) is 17.0 Å². The number of rotatable bonds is 5. The van der Waals surface area contributed by atoms with Crippen molar-refractivity contribution in [2.75, 3.05) is 5.32 Å². The molecule has 0 fully saturated rings. The summed E-state index contributed by atoms with van der Waals surface area (Å²) in [7, 11) is 0. The normalized spacial score (nSPS) is 13.4. The number of hydrogen-bond donors (Lipinski definition) is 2. The van der Waals surface area contributed by atoms with E-state index in [4.69, 9.17) is 0 Å². The Morgan fingerprint density at radius 1 is 1.22 bits per heavy atom. The predicted molar refractivity (Wildman–Crippen MR) is 101 cm³/mol. The Kier molecular flexibility index (Phi) is 7.32. The third-order valence-corrected chi connectivity index (χ3v) is 4.28. The molecule has 0 bridgehead atoms. The number of nitrogens with one attached hydrogen (secondary N) is 1. The summed E-state index contributed by atoms with van der Waals surface area (Å²) in [6.45, 7) is 8.50. The van der Waals surface area contributed by atoms with E-state index in [1.54, 1.807) is 20.8 Å². The molecular formula is C18H24BrF3N2O3. The Morgan fingerprint density at radius 2 is 1.78 bits per heavy atom. The van der Waals surface area contributed by atoms with Gasteiger partial charge in [-0.2, -0.15) is 13.2 Å². The molecule has 9 heteroatoms. The number of nitrogens with zero attached hydrogens (tertiary/aromatic N) is 1. The van der Waals surface area contributed by atoms with Gasteiger partial charge in [0.05, 0.1) is 11.3 Å². The summed E-state index contributed by atoms with van der Waals surface area (Å²) in [5, 5.41) is 11.9. The number of alkyl halides is 3. The molecule has 152 valence electrons. The van der Waals surface area contributed by atoms with Crippen molar-refractivity contribution < 1.29 is 27.9 Å². The van der Waals surface area contributed by atoms with E-state index >= 15 is 0 Å². The van der Waals surface area contributed by atoms with E-state index in [0.29, 0.717) is 0 Å². The van der Waals surface area contributed by atoms with Gasteiger partial charge in [-0.25, -0.2) is 4.79 Å². The van der Waals surface area contributed by atoms with E-state index in [1.165, 1.54) is 6.07 Å². The topological polar surface area (TPSA) is 69.6 Å². The van der Waals surface area contributed by atoms with Crippen molar-refractivity contribution in [2.45, 2.75) is 58.8 Å². The van der Waals surface area contributed by atoms with Crippen LogP contribution < -0.4 is 5.32 Å². The summed E-state index contributed by atoms with van der Waals surface area (Å²) >= 11 is 2.99. The largest absolute Gasteiger partial charge is 0.465 e. The lowest BCUT2D eigenvalue weighted by Gasteiger charge is -2.39. The Hall–Kier alpha value is -1.77. The minimum Gasteiger partial charge on any atom is -0.465 e. The molecule has 0 aliphatic heterocycles. The highest BCUT2D eigenvalue weighted by molar-refractivity contribution is 9.10. The number of amides is 2. The van der Waals surface area contributed by atoms with Crippen LogP contribution in [0.4, 0.5) is 23.7 Å². The first kappa shape index (κ1) is 23.3. The predicted octanol–water partition coefficient (Wildman–Crippen LogP) is 5.60. The standard InChI is InChI=1S/C18H24BrF3N2O3/c1-10(2)8-14(24(16(26)27)17(3,4)5)15(25)23-13-7-6-11(19)9-12(13)18(20,21)22/h6-7,9-10,14H,8H2,1-5H3,(H,23,25)(H,26,27). The Bertz CT molecular complexity index is 700. The number of anilines is 1. The molecule has 0 aromatic heterocycles. The Balaban J connectivity index is 3.32. The van der Waals surface area contributed by atoms with Crippen LogP contribution in [0.2, 0.25) is 0 Å².